The van der Waals surface area contributed by atoms with Crippen molar-refractivity contribution in [3.05, 3.63) is 42.2 Å². The van der Waals surface area contributed by atoms with Gasteiger partial charge in [0.05, 0.1) is 29.9 Å². The van der Waals surface area contributed by atoms with E-state index < -0.39 is 62.2 Å². The molecule has 41 heavy (non-hydrogen) atoms. The molecule has 0 aromatic heterocycles. The van der Waals surface area contributed by atoms with Crippen molar-refractivity contribution in [3.8, 4) is 11.5 Å². The zero-order valence-electron chi connectivity index (χ0n) is 22.3. The Hall–Kier alpha value is -3.75. The fraction of sp³-hybridized carbons (Fsp3) is 0.462. The van der Waals surface area contributed by atoms with E-state index in [-0.39, 0.29) is 41.0 Å². The van der Waals surface area contributed by atoms with Gasteiger partial charge in [-0.1, -0.05) is 0 Å². The summed E-state index contributed by atoms with van der Waals surface area (Å²) in [4.78, 5) is 23.8. The van der Waals surface area contributed by atoms with Crippen LogP contribution >= 0.6 is 0 Å². The lowest BCUT2D eigenvalue weighted by Crippen LogP contribution is -2.57. The molecule has 1 aliphatic carbocycles. The van der Waals surface area contributed by atoms with Crippen LogP contribution < -0.4 is 24.4 Å². The van der Waals surface area contributed by atoms with Crippen LogP contribution in [-0.2, 0) is 14.8 Å². The lowest BCUT2D eigenvalue weighted by molar-refractivity contribution is -0.175. The molecule has 2 aromatic carbocycles. The molecular weight excluding hydrogens is 574 g/mol. The summed E-state index contributed by atoms with van der Waals surface area (Å²) < 4.78 is 95.2. The normalized spacial score (nSPS) is 18.2. The smallest absolute Gasteiger partial charge is 0.412 e. The first-order valence-corrected chi connectivity index (χ1v) is 14.0. The number of carbonyl (C=O) groups is 2. The summed E-state index contributed by atoms with van der Waals surface area (Å²) in [6.45, 7) is 0.965. The second-order valence-corrected chi connectivity index (χ2v) is 12.3. The van der Waals surface area contributed by atoms with E-state index in [2.05, 4.69) is 0 Å². The van der Waals surface area contributed by atoms with Crippen LogP contribution in [0.1, 0.15) is 33.1 Å². The average molecular weight is 604 g/mol. The zero-order valence-corrected chi connectivity index (χ0v) is 23.1. The first-order chi connectivity index (χ1) is 19.0. The van der Waals surface area contributed by atoms with Gasteiger partial charge in [-0.05, 0) is 69.4 Å². The summed E-state index contributed by atoms with van der Waals surface area (Å²) in [7, 11) is -3.40. The number of alkyl halides is 3. The molecule has 2 aliphatic rings. The molecule has 1 heterocycles. The van der Waals surface area contributed by atoms with Gasteiger partial charge in [0.2, 0.25) is 5.91 Å². The first kappa shape index (κ1) is 30.2. The molecule has 2 aromatic rings. The molecule has 1 fully saturated rings. The maximum atomic E-state index is 14.1. The number of ether oxygens (including phenoxy) is 2. The highest BCUT2D eigenvalue weighted by atomic mass is 32.2. The minimum absolute atomic E-state index is 0.0278. The monoisotopic (exact) mass is 603 g/mol. The Morgan fingerprint density at radius 1 is 1.20 bits per heavy atom. The van der Waals surface area contributed by atoms with Crippen molar-refractivity contribution in [2.75, 3.05) is 22.9 Å². The van der Waals surface area contributed by atoms with Gasteiger partial charge in [-0.3, -0.25) is 14.0 Å². The molecule has 3 N–H and O–H groups in total. The standard InChI is InChI=1S/C26H29F4N3O7S/c1-25(2,26(28,29)30)33(24(35)36)15-6-9-21-20(10-15)32(13-16(40-21)11-18(23(31)34)14-4-5-14)41(37,38)17-7-8-19(27)22(12-17)39-3/h6-10,12,14,16,18H,4-5,11,13H2,1-3H3,(H2,31,34)(H,35,36)/t16-,18+/m0/s1. The third-order valence-electron chi connectivity index (χ3n) is 7.36. The van der Waals surface area contributed by atoms with E-state index in [1.807, 2.05) is 0 Å². The summed E-state index contributed by atoms with van der Waals surface area (Å²) in [5, 5.41) is 9.74. The van der Waals surface area contributed by atoms with E-state index in [1.165, 1.54) is 6.07 Å². The number of nitrogens with two attached hydrogens (primary N) is 1. The van der Waals surface area contributed by atoms with Gasteiger partial charge in [0, 0.05) is 12.0 Å². The predicted molar refractivity (Wildman–Crippen MR) is 139 cm³/mol. The molecule has 0 spiro atoms. The second-order valence-electron chi connectivity index (χ2n) is 10.5. The number of benzene rings is 2. The Balaban J connectivity index is 1.84. The predicted octanol–water partition coefficient (Wildman–Crippen LogP) is 4.52. The fourth-order valence-corrected chi connectivity index (χ4v) is 6.35. The Kier molecular flexibility index (Phi) is 7.80. The quantitative estimate of drug-likeness (QED) is 0.402. The van der Waals surface area contributed by atoms with Crippen LogP contribution in [0.15, 0.2) is 41.3 Å². The lowest BCUT2D eigenvalue weighted by Gasteiger charge is -2.40. The third-order valence-corrected chi connectivity index (χ3v) is 9.14. The zero-order chi connectivity index (χ0) is 30.5. The summed E-state index contributed by atoms with van der Waals surface area (Å²) in [6.07, 6.45) is -6.16. The van der Waals surface area contributed by atoms with Gasteiger partial charge in [0.15, 0.2) is 11.6 Å². The molecule has 0 bridgehead atoms. The third kappa shape index (κ3) is 5.72. The van der Waals surface area contributed by atoms with E-state index in [0.29, 0.717) is 13.8 Å². The Morgan fingerprint density at radius 2 is 1.85 bits per heavy atom. The molecule has 10 nitrogen and oxygen atoms in total. The van der Waals surface area contributed by atoms with Gasteiger partial charge in [-0.15, -0.1) is 0 Å². The highest BCUT2D eigenvalue weighted by molar-refractivity contribution is 7.92. The van der Waals surface area contributed by atoms with E-state index in [1.54, 1.807) is 0 Å². The number of carbonyl (C=O) groups excluding carboxylic acids is 1. The van der Waals surface area contributed by atoms with Crippen molar-refractivity contribution in [3.63, 3.8) is 0 Å². The van der Waals surface area contributed by atoms with E-state index in [9.17, 15) is 40.7 Å². The number of anilines is 2. The van der Waals surface area contributed by atoms with Gasteiger partial charge in [-0.2, -0.15) is 13.2 Å². The van der Waals surface area contributed by atoms with E-state index >= 15 is 0 Å². The molecule has 224 valence electrons. The number of fused-ring (bicyclic) bond motifs is 1. The molecule has 0 radical (unpaired) electrons. The summed E-state index contributed by atoms with van der Waals surface area (Å²) in [5.74, 6) is -2.39. The molecule has 1 aliphatic heterocycles. The molecule has 1 saturated carbocycles. The maximum Gasteiger partial charge on any atom is 0.412 e. The van der Waals surface area contributed by atoms with Crippen molar-refractivity contribution in [2.24, 2.45) is 17.6 Å². The maximum absolute atomic E-state index is 14.1. The number of hydrogen-bond donors (Lipinski definition) is 2. The van der Waals surface area contributed by atoms with Crippen LogP contribution in [-0.4, -0.2) is 57.0 Å². The molecule has 0 saturated heterocycles. The van der Waals surface area contributed by atoms with Gasteiger partial charge >= 0.3 is 12.3 Å². The topological polar surface area (TPSA) is 139 Å². The number of primary amides is 1. The minimum Gasteiger partial charge on any atom is -0.494 e. The highest BCUT2D eigenvalue weighted by Crippen LogP contribution is 2.46. The lowest BCUT2D eigenvalue weighted by atomic mass is 9.95. The number of rotatable bonds is 9. The molecular formula is C26H29F4N3O7S. The molecule has 15 heteroatoms. The van der Waals surface area contributed by atoms with Crippen LogP contribution in [0.25, 0.3) is 0 Å². The SMILES string of the molecule is COc1cc(S(=O)(=O)N2C[C@H](C[C@@H](C(N)=O)C3CC3)Oc3ccc(N(C(=O)O)C(C)(C)C(F)(F)F)cc32)ccc1F. The van der Waals surface area contributed by atoms with Crippen LogP contribution in [0, 0.1) is 17.7 Å². The van der Waals surface area contributed by atoms with Crippen molar-refractivity contribution in [1.82, 2.24) is 0 Å². The van der Waals surface area contributed by atoms with Gasteiger partial charge in [0.25, 0.3) is 10.0 Å². The minimum atomic E-state index is -4.98. The molecule has 2 atom stereocenters. The summed E-state index contributed by atoms with van der Waals surface area (Å²) >= 11 is 0. The van der Waals surface area contributed by atoms with Crippen LogP contribution in [0.3, 0.4) is 0 Å². The van der Waals surface area contributed by atoms with Gasteiger partial charge in [0.1, 0.15) is 17.4 Å². The van der Waals surface area contributed by atoms with Gasteiger partial charge in [-0.25, -0.2) is 17.6 Å². The van der Waals surface area contributed by atoms with Crippen LogP contribution in [0.4, 0.5) is 33.7 Å². The number of hydrogen-bond acceptors (Lipinski definition) is 6. The van der Waals surface area contributed by atoms with E-state index in [4.69, 9.17) is 15.2 Å². The number of halogens is 4. The van der Waals surface area contributed by atoms with Gasteiger partial charge < -0.3 is 20.3 Å². The van der Waals surface area contributed by atoms with E-state index in [0.717, 1.165) is 54.6 Å². The van der Waals surface area contributed by atoms with Crippen LogP contribution in [0.5, 0.6) is 11.5 Å². The average Bonchev–Trinajstić information content (AvgIpc) is 3.71. The van der Waals surface area contributed by atoms with Crippen LogP contribution in [0.2, 0.25) is 0 Å². The van der Waals surface area contributed by atoms with Crippen molar-refractivity contribution < 1.29 is 50.1 Å². The number of amides is 2. The fourth-order valence-electron chi connectivity index (χ4n) is 4.84. The Morgan fingerprint density at radius 3 is 2.39 bits per heavy atom. The Bertz CT molecular complexity index is 1460. The number of carboxylic acid groups (broad SMARTS) is 1. The number of methoxy groups -OCH3 is 1. The largest absolute Gasteiger partial charge is 0.494 e. The summed E-state index contributed by atoms with van der Waals surface area (Å²) in [5.41, 5.74) is 1.98. The first-order valence-electron chi connectivity index (χ1n) is 12.5. The molecule has 2 amide bonds. The Labute approximate surface area is 233 Å². The molecule has 4 rings (SSSR count). The van der Waals surface area contributed by atoms with Crippen molar-refractivity contribution in [2.45, 2.75) is 55.8 Å². The van der Waals surface area contributed by atoms with Crippen molar-refractivity contribution >= 4 is 33.4 Å². The summed E-state index contributed by atoms with van der Waals surface area (Å²) in [6, 6.07) is 6.04. The highest BCUT2D eigenvalue weighted by Gasteiger charge is 2.54. The van der Waals surface area contributed by atoms with Crippen molar-refractivity contribution in [1.29, 1.82) is 0 Å². The molecule has 0 unspecified atom stereocenters. The second kappa shape index (κ2) is 10.6. The number of nitrogens with zero attached hydrogens (tertiary/aromatic N) is 2. The number of sulfonamides is 1.